The summed E-state index contributed by atoms with van der Waals surface area (Å²) in [6.45, 7) is 9.47. The molecule has 2 amide bonds. The van der Waals surface area contributed by atoms with Gasteiger partial charge < -0.3 is 15.1 Å². The Kier molecular flexibility index (Phi) is 6.13. The first kappa shape index (κ1) is 20.6. The van der Waals surface area contributed by atoms with Gasteiger partial charge in [0, 0.05) is 63.3 Å². The van der Waals surface area contributed by atoms with E-state index in [1.54, 1.807) is 0 Å². The molecule has 0 radical (unpaired) electrons. The first-order valence-electron chi connectivity index (χ1n) is 10.8. The van der Waals surface area contributed by atoms with Gasteiger partial charge in [0.25, 0.3) is 0 Å². The van der Waals surface area contributed by atoms with Gasteiger partial charge in [-0.15, -0.1) is 0 Å². The highest BCUT2D eigenvalue weighted by molar-refractivity contribution is 6.31. The van der Waals surface area contributed by atoms with E-state index < -0.39 is 5.41 Å². The third-order valence-electron chi connectivity index (χ3n) is 6.93. The van der Waals surface area contributed by atoms with E-state index in [0.717, 1.165) is 51.3 Å². The number of hydrogen-bond donors (Lipinski definition) is 1. The Hall–Kier alpha value is -1.63. The SMILES string of the molecule is CCN1CCN(CCNC(=O)[C@@]2(c3ccccc3Cl)C[C@@H]3CCC(=O)N3C2)CC1. The molecule has 158 valence electrons. The van der Waals surface area contributed by atoms with Crippen molar-refractivity contribution in [3.8, 4) is 0 Å². The second-order valence-corrected chi connectivity index (χ2v) is 8.92. The summed E-state index contributed by atoms with van der Waals surface area (Å²) in [4.78, 5) is 32.5. The van der Waals surface area contributed by atoms with Gasteiger partial charge in [0.1, 0.15) is 0 Å². The maximum Gasteiger partial charge on any atom is 0.232 e. The number of amides is 2. The van der Waals surface area contributed by atoms with Gasteiger partial charge in [-0.3, -0.25) is 14.5 Å². The average Bonchev–Trinajstić information content (AvgIpc) is 3.28. The lowest BCUT2D eigenvalue weighted by atomic mass is 9.76. The van der Waals surface area contributed by atoms with Gasteiger partial charge in [-0.05, 0) is 31.0 Å². The maximum atomic E-state index is 13.5. The Balaban J connectivity index is 1.44. The van der Waals surface area contributed by atoms with Crippen molar-refractivity contribution in [1.82, 2.24) is 20.0 Å². The first-order chi connectivity index (χ1) is 14.0. The van der Waals surface area contributed by atoms with Crippen molar-refractivity contribution in [2.45, 2.75) is 37.6 Å². The lowest BCUT2D eigenvalue weighted by Gasteiger charge is -2.34. The van der Waals surface area contributed by atoms with Gasteiger partial charge in [0.05, 0.1) is 5.41 Å². The number of benzene rings is 1. The molecule has 1 N–H and O–H groups in total. The molecule has 6 nitrogen and oxygen atoms in total. The fourth-order valence-electron chi connectivity index (χ4n) is 5.14. The zero-order valence-corrected chi connectivity index (χ0v) is 18.0. The minimum absolute atomic E-state index is 0.00000541. The monoisotopic (exact) mass is 418 g/mol. The summed E-state index contributed by atoms with van der Waals surface area (Å²) in [6.07, 6.45) is 2.08. The van der Waals surface area contributed by atoms with Crippen LogP contribution >= 0.6 is 11.6 Å². The van der Waals surface area contributed by atoms with Crippen LogP contribution in [0.1, 0.15) is 31.7 Å². The second-order valence-electron chi connectivity index (χ2n) is 8.51. The molecule has 3 aliphatic rings. The smallest absolute Gasteiger partial charge is 0.232 e. The van der Waals surface area contributed by atoms with E-state index in [1.807, 2.05) is 29.2 Å². The number of hydrogen-bond acceptors (Lipinski definition) is 4. The molecular formula is C22H31ClN4O2. The minimum Gasteiger partial charge on any atom is -0.354 e. The van der Waals surface area contributed by atoms with Gasteiger partial charge in [-0.2, -0.15) is 0 Å². The van der Waals surface area contributed by atoms with Crippen LogP contribution in [0.2, 0.25) is 5.02 Å². The summed E-state index contributed by atoms with van der Waals surface area (Å²) in [5.74, 6) is 0.158. The van der Waals surface area contributed by atoms with Crippen LogP contribution in [0, 0.1) is 0 Å². The third-order valence-corrected chi connectivity index (χ3v) is 7.26. The number of carbonyl (C=O) groups excluding carboxylic acids is 2. The highest BCUT2D eigenvalue weighted by atomic mass is 35.5. The molecular weight excluding hydrogens is 388 g/mol. The normalized spacial score (nSPS) is 28.0. The molecule has 7 heteroatoms. The van der Waals surface area contributed by atoms with Crippen LogP contribution in [0.3, 0.4) is 0 Å². The standard InChI is InChI=1S/C22H31ClN4O2/c1-2-25-11-13-26(14-12-25)10-9-24-21(29)22(18-5-3-4-6-19(18)23)15-17-7-8-20(28)27(17)16-22/h3-6,17H,2,7-16H2,1H3,(H,24,29)/t17-,22-/m0/s1. The molecule has 0 spiro atoms. The van der Waals surface area contributed by atoms with Crippen LogP contribution in [0.5, 0.6) is 0 Å². The molecule has 0 aromatic heterocycles. The molecule has 0 aliphatic carbocycles. The number of halogens is 1. The van der Waals surface area contributed by atoms with E-state index in [-0.39, 0.29) is 17.9 Å². The summed E-state index contributed by atoms with van der Waals surface area (Å²) in [7, 11) is 0. The van der Waals surface area contributed by atoms with Crippen LogP contribution in [0.25, 0.3) is 0 Å². The summed E-state index contributed by atoms with van der Waals surface area (Å²) in [5.41, 5.74) is 0.0953. The van der Waals surface area contributed by atoms with Crippen molar-refractivity contribution in [1.29, 1.82) is 0 Å². The molecule has 29 heavy (non-hydrogen) atoms. The van der Waals surface area contributed by atoms with Crippen molar-refractivity contribution < 1.29 is 9.59 Å². The molecule has 0 saturated carbocycles. The molecule has 2 atom stereocenters. The Bertz CT molecular complexity index is 765. The first-order valence-corrected chi connectivity index (χ1v) is 11.2. The molecule has 3 saturated heterocycles. The van der Waals surface area contributed by atoms with Crippen LogP contribution in [0.15, 0.2) is 24.3 Å². The van der Waals surface area contributed by atoms with Gasteiger partial charge >= 0.3 is 0 Å². The maximum absolute atomic E-state index is 13.5. The zero-order chi connectivity index (χ0) is 20.4. The van der Waals surface area contributed by atoms with Gasteiger partial charge in [0.2, 0.25) is 11.8 Å². The number of rotatable bonds is 6. The van der Waals surface area contributed by atoms with E-state index >= 15 is 0 Å². The number of nitrogens with zero attached hydrogens (tertiary/aromatic N) is 3. The topological polar surface area (TPSA) is 55.9 Å². The van der Waals surface area contributed by atoms with Crippen molar-refractivity contribution in [3.63, 3.8) is 0 Å². The highest BCUT2D eigenvalue weighted by Gasteiger charge is 2.54. The highest BCUT2D eigenvalue weighted by Crippen LogP contribution is 2.45. The third kappa shape index (κ3) is 4.03. The van der Waals surface area contributed by atoms with Crippen LogP contribution in [-0.4, -0.2) is 84.9 Å². The molecule has 0 bridgehead atoms. The van der Waals surface area contributed by atoms with Crippen LogP contribution in [0.4, 0.5) is 0 Å². The largest absolute Gasteiger partial charge is 0.354 e. The number of fused-ring (bicyclic) bond motifs is 1. The number of nitrogens with one attached hydrogen (secondary N) is 1. The fourth-order valence-corrected chi connectivity index (χ4v) is 5.45. The summed E-state index contributed by atoms with van der Waals surface area (Å²) >= 11 is 6.52. The van der Waals surface area contributed by atoms with E-state index in [4.69, 9.17) is 11.6 Å². The van der Waals surface area contributed by atoms with Crippen LogP contribution < -0.4 is 5.32 Å². The molecule has 3 fully saturated rings. The van der Waals surface area contributed by atoms with Crippen LogP contribution in [-0.2, 0) is 15.0 Å². The molecule has 1 aromatic carbocycles. The quantitative estimate of drug-likeness (QED) is 0.764. The molecule has 4 rings (SSSR count). The van der Waals surface area contributed by atoms with E-state index in [0.29, 0.717) is 31.0 Å². The van der Waals surface area contributed by atoms with Gasteiger partial charge in [0.15, 0.2) is 0 Å². The van der Waals surface area contributed by atoms with Gasteiger partial charge in [-0.1, -0.05) is 36.7 Å². The lowest BCUT2D eigenvalue weighted by molar-refractivity contribution is -0.129. The van der Waals surface area contributed by atoms with E-state index in [2.05, 4.69) is 22.0 Å². The van der Waals surface area contributed by atoms with Crippen molar-refractivity contribution >= 4 is 23.4 Å². The summed E-state index contributed by atoms with van der Waals surface area (Å²) < 4.78 is 0. The number of carbonyl (C=O) groups is 2. The summed E-state index contributed by atoms with van der Waals surface area (Å²) in [6, 6.07) is 7.73. The predicted octanol–water partition coefficient (Wildman–Crippen LogP) is 1.73. The minimum atomic E-state index is -0.750. The lowest BCUT2D eigenvalue weighted by Crippen LogP contribution is -2.51. The molecule has 3 heterocycles. The van der Waals surface area contributed by atoms with Crippen molar-refractivity contribution in [2.75, 3.05) is 52.4 Å². The Labute approximate surface area is 178 Å². The Morgan fingerprint density at radius 1 is 1.21 bits per heavy atom. The van der Waals surface area contributed by atoms with E-state index in [9.17, 15) is 9.59 Å². The average molecular weight is 419 g/mol. The van der Waals surface area contributed by atoms with Gasteiger partial charge in [-0.25, -0.2) is 0 Å². The van der Waals surface area contributed by atoms with Crippen molar-refractivity contribution in [3.05, 3.63) is 34.9 Å². The fraction of sp³-hybridized carbons (Fsp3) is 0.636. The molecule has 0 unspecified atom stereocenters. The molecule has 1 aromatic rings. The molecule has 3 aliphatic heterocycles. The number of piperazine rings is 1. The van der Waals surface area contributed by atoms with E-state index in [1.165, 1.54) is 0 Å². The second kappa shape index (κ2) is 8.62. The number of likely N-dealkylation sites (N-methyl/N-ethyl adjacent to an activating group) is 1. The zero-order valence-electron chi connectivity index (χ0n) is 17.2. The van der Waals surface area contributed by atoms with Crippen molar-refractivity contribution in [2.24, 2.45) is 0 Å². The summed E-state index contributed by atoms with van der Waals surface area (Å²) in [5, 5.41) is 3.78. The Morgan fingerprint density at radius 3 is 2.62 bits per heavy atom. The Morgan fingerprint density at radius 2 is 1.93 bits per heavy atom. The predicted molar refractivity (Wildman–Crippen MR) is 114 cm³/mol.